The highest BCUT2D eigenvalue weighted by atomic mass is 35.5. The molecule has 3 aromatic rings. The molecule has 0 atom stereocenters. The van der Waals surface area contributed by atoms with Crippen molar-refractivity contribution in [2.75, 3.05) is 11.9 Å². The zero-order chi connectivity index (χ0) is 24.8. The van der Waals surface area contributed by atoms with Crippen LogP contribution in [0.2, 0.25) is 5.02 Å². The third-order valence-corrected chi connectivity index (χ3v) is 6.64. The van der Waals surface area contributed by atoms with E-state index in [-0.39, 0.29) is 18.1 Å². The van der Waals surface area contributed by atoms with Gasteiger partial charge in [-0.1, -0.05) is 67.1 Å². The molecule has 1 fully saturated rings. The van der Waals surface area contributed by atoms with Crippen LogP contribution in [-0.4, -0.2) is 28.5 Å². The Balaban J connectivity index is 1.44. The first-order valence-corrected chi connectivity index (χ1v) is 12.2. The van der Waals surface area contributed by atoms with Gasteiger partial charge in [-0.3, -0.25) is 19.3 Å². The molecule has 35 heavy (non-hydrogen) atoms. The molecule has 1 saturated heterocycles. The normalized spacial score (nSPS) is 14.5. The summed E-state index contributed by atoms with van der Waals surface area (Å²) in [6.45, 7) is 1.94. The van der Waals surface area contributed by atoms with E-state index in [1.54, 1.807) is 36.4 Å². The molecule has 0 unspecified atom stereocenters. The predicted molar refractivity (Wildman–Crippen MR) is 139 cm³/mol. The van der Waals surface area contributed by atoms with Crippen LogP contribution in [0.5, 0.6) is 5.75 Å². The molecule has 4 rings (SSSR count). The summed E-state index contributed by atoms with van der Waals surface area (Å²) in [5.74, 6) is -0.411. The van der Waals surface area contributed by atoms with Crippen molar-refractivity contribution in [1.82, 2.24) is 4.90 Å². The number of nitrogens with one attached hydrogen (secondary N) is 1. The fraction of sp³-hybridized carbons (Fsp3) is 0.148. The second-order valence-corrected chi connectivity index (χ2v) is 9.18. The Kier molecular flexibility index (Phi) is 7.90. The monoisotopic (exact) mass is 506 g/mol. The average molecular weight is 507 g/mol. The number of rotatable bonds is 8. The van der Waals surface area contributed by atoms with Crippen LogP contribution in [0.3, 0.4) is 0 Å². The van der Waals surface area contributed by atoms with Crippen LogP contribution in [0.15, 0.2) is 77.7 Å². The SMILES string of the molecule is CCc1ccc(NC(=O)CN2C(=O)S/C(=C/c3ccccc3OCc3ccccc3Cl)C2=O)cc1. The van der Waals surface area contributed by atoms with Crippen molar-refractivity contribution >= 4 is 52.2 Å². The number of hydrogen-bond acceptors (Lipinski definition) is 5. The number of halogens is 1. The highest BCUT2D eigenvalue weighted by molar-refractivity contribution is 8.18. The molecule has 0 bridgehead atoms. The van der Waals surface area contributed by atoms with Gasteiger partial charge in [-0.2, -0.15) is 0 Å². The van der Waals surface area contributed by atoms with Crippen LogP contribution in [0, 0.1) is 0 Å². The van der Waals surface area contributed by atoms with Crippen molar-refractivity contribution in [1.29, 1.82) is 0 Å². The highest BCUT2D eigenvalue weighted by Crippen LogP contribution is 2.34. The Morgan fingerprint density at radius 1 is 1.03 bits per heavy atom. The lowest BCUT2D eigenvalue weighted by Gasteiger charge is -2.13. The molecular weight excluding hydrogens is 484 g/mol. The Labute approximate surface area is 212 Å². The van der Waals surface area contributed by atoms with E-state index >= 15 is 0 Å². The van der Waals surface area contributed by atoms with Gasteiger partial charge in [0.15, 0.2) is 0 Å². The summed E-state index contributed by atoms with van der Waals surface area (Å²) < 4.78 is 5.94. The van der Waals surface area contributed by atoms with Crippen molar-refractivity contribution in [3.8, 4) is 5.75 Å². The van der Waals surface area contributed by atoms with E-state index in [1.165, 1.54) is 0 Å². The fourth-order valence-electron chi connectivity index (χ4n) is 3.45. The topological polar surface area (TPSA) is 75.7 Å². The van der Waals surface area contributed by atoms with Gasteiger partial charge in [0.05, 0.1) is 4.91 Å². The number of nitrogens with zero attached hydrogens (tertiary/aromatic N) is 1. The number of hydrogen-bond donors (Lipinski definition) is 1. The average Bonchev–Trinajstić information content (AvgIpc) is 3.12. The van der Waals surface area contributed by atoms with E-state index in [4.69, 9.17) is 16.3 Å². The molecule has 1 aliphatic rings. The minimum Gasteiger partial charge on any atom is -0.488 e. The van der Waals surface area contributed by atoms with Gasteiger partial charge in [0, 0.05) is 21.8 Å². The molecule has 0 saturated carbocycles. The van der Waals surface area contributed by atoms with Gasteiger partial charge < -0.3 is 10.1 Å². The smallest absolute Gasteiger partial charge is 0.294 e. The molecule has 6 nitrogen and oxygen atoms in total. The standard InChI is InChI=1S/C27H23ClN2O4S/c1-2-18-11-13-21(14-12-18)29-25(31)16-30-26(32)24(35-27(30)33)15-19-7-4-6-10-23(19)34-17-20-8-3-5-9-22(20)28/h3-15H,2,16-17H2,1H3,(H,29,31)/b24-15+. The summed E-state index contributed by atoms with van der Waals surface area (Å²) in [5.41, 5.74) is 3.24. The van der Waals surface area contributed by atoms with Crippen molar-refractivity contribution in [3.63, 3.8) is 0 Å². The Hall–Kier alpha value is -3.55. The summed E-state index contributed by atoms with van der Waals surface area (Å²) in [6, 6.07) is 22.0. The van der Waals surface area contributed by atoms with Gasteiger partial charge in [0.1, 0.15) is 18.9 Å². The summed E-state index contributed by atoms with van der Waals surface area (Å²) in [6.07, 6.45) is 2.50. The maximum atomic E-state index is 12.9. The molecule has 0 radical (unpaired) electrons. The van der Waals surface area contributed by atoms with Crippen LogP contribution in [0.4, 0.5) is 10.5 Å². The van der Waals surface area contributed by atoms with Crippen LogP contribution < -0.4 is 10.1 Å². The van der Waals surface area contributed by atoms with E-state index in [9.17, 15) is 14.4 Å². The summed E-state index contributed by atoms with van der Waals surface area (Å²) in [5, 5.41) is 2.84. The largest absolute Gasteiger partial charge is 0.488 e. The molecular formula is C27H23ClN2O4S. The fourth-order valence-corrected chi connectivity index (χ4v) is 4.47. The van der Waals surface area contributed by atoms with E-state index in [0.29, 0.717) is 22.0 Å². The van der Waals surface area contributed by atoms with Crippen LogP contribution >= 0.6 is 23.4 Å². The van der Waals surface area contributed by atoms with Crippen molar-refractivity contribution in [2.45, 2.75) is 20.0 Å². The zero-order valence-electron chi connectivity index (χ0n) is 19.0. The first-order valence-electron chi connectivity index (χ1n) is 11.0. The molecule has 0 aromatic heterocycles. The van der Waals surface area contributed by atoms with Gasteiger partial charge in [-0.05, 0) is 54.1 Å². The van der Waals surface area contributed by atoms with Gasteiger partial charge >= 0.3 is 0 Å². The Bertz CT molecular complexity index is 1290. The highest BCUT2D eigenvalue weighted by Gasteiger charge is 2.36. The molecule has 0 aliphatic carbocycles. The number of aryl methyl sites for hydroxylation is 1. The number of para-hydroxylation sites is 1. The Morgan fingerprint density at radius 2 is 1.74 bits per heavy atom. The van der Waals surface area contributed by atoms with Gasteiger partial charge in [0.2, 0.25) is 5.91 Å². The summed E-state index contributed by atoms with van der Waals surface area (Å²) in [7, 11) is 0. The third kappa shape index (κ3) is 6.12. The third-order valence-electron chi connectivity index (χ3n) is 5.37. The molecule has 1 aliphatic heterocycles. The van der Waals surface area contributed by atoms with Crippen LogP contribution in [-0.2, 0) is 22.6 Å². The maximum Gasteiger partial charge on any atom is 0.294 e. The first kappa shape index (κ1) is 24.6. The zero-order valence-corrected chi connectivity index (χ0v) is 20.6. The van der Waals surface area contributed by atoms with E-state index in [2.05, 4.69) is 5.32 Å². The second-order valence-electron chi connectivity index (χ2n) is 7.78. The van der Waals surface area contributed by atoms with Crippen LogP contribution in [0.25, 0.3) is 6.08 Å². The van der Waals surface area contributed by atoms with E-state index in [1.807, 2.05) is 49.4 Å². The molecule has 1 heterocycles. The van der Waals surface area contributed by atoms with E-state index in [0.717, 1.165) is 34.2 Å². The van der Waals surface area contributed by atoms with Crippen molar-refractivity contribution < 1.29 is 19.1 Å². The molecule has 0 spiro atoms. The second kappa shape index (κ2) is 11.3. The lowest BCUT2D eigenvalue weighted by atomic mass is 10.1. The summed E-state index contributed by atoms with van der Waals surface area (Å²) >= 11 is 7.01. The number of thioether (sulfide) groups is 1. The molecule has 3 amide bonds. The lowest BCUT2D eigenvalue weighted by Crippen LogP contribution is -2.36. The molecule has 178 valence electrons. The quantitative estimate of drug-likeness (QED) is 0.370. The minimum absolute atomic E-state index is 0.226. The van der Waals surface area contributed by atoms with Crippen molar-refractivity contribution in [2.24, 2.45) is 0 Å². The number of amides is 3. The number of anilines is 1. The summed E-state index contributed by atoms with van der Waals surface area (Å²) in [4.78, 5) is 39.0. The van der Waals surface area contributed by atoms with Crippen LogP contribution in [0.1, 0.15) is 23.6 Å². The van der Waals surface area contributed by atoms with Crippen molar-refractivity contribution in [3.05, 3.63) is 99.4 Å². The first-order chi connectivity index (χ1) is 16.9. The number of imide groups is 1. The number of benzene rings is 3. The predicted octanol–water partition coefficient (Wildman–Crippen LogP) is 6.16. The lowest BCUT2D eigenvalue weighted by molar-refractivity contribution is -0.127. The molecule has 3 aromatic carbocycles. The van der Waals surface area contributed by atoms with E-state index < -0.39 is 17.1 Å². The molecule has 8 heteroatoms. The van der Waals surface area contributed by atoms with Gasteiger partial charge in [-0.15, -0.1) is 0 Å². The number of ether oxygens (including phenoxy) is 1. The molecule has 1 N–H and O–H groups in total. The number of carbonyl (C=O) groups is 3. The Morgan fingerprint density at radius 3 is 2.49 bits per heavy atom. The van der Waals surface area contributed by atoms with Gasteiger partial charge in [0.25, 0.3) is 11.1 Å². The van der Waals surface area contributed by atoms with Gasteiger partial charge in [-0.25, -0.2) is 0 Å². The number of carbonyl (C=O) groups excluding carboxylic acids is 3. The minimum atomic E-state index is -0.516. The maximum absolute atomic E-state index is 12.9.